The highest BCUT2D eigenvalue weighted by Gasteiger charge is 2.23. The third-order valence-corrected chi connectivity index (χ3v) is 3.11. The number of carbonyl (C=O) groups excluding carboxylic acids is 1. The number of carboxylic acids is 1. The molecule has 0 aliphatic rings. The van der Waals surface area contributed by atoms with Crippen LogP contribution >= 0.6 is 0 Å². The van der Waals surface area contributed by atoms with Gasteiger partial charge in [0.1, 0.15) is 6.54 Å². The Kier molecular flexibility index (Phi) is 6.21. The number of nitrogens with zero attached hydrogens (tertiary/aromatic N) is 2. The molecule has 5 nitrogen and oxygen atoms in total. The molecule has 0 radical (unpaired) electrons. The van der Waals surface area contributed by atoms with E-state index >= 15 is 0 Å². The van der Waals surface area contributed by atoms with Crippen molar-refractivity contribution >= 4 is 17.7 Å². The van der Waals surface area contributed by atoms with Gasteiger partial charge in [0.15, 0.2) is 0 Å². The van der Waals surface area contributed by atoms with E-state index < -0.39 is 5.97 Å². The van der Waals surface area contributed by atoms with Crippen molar-refractivity contribution in [2.45, 2.75) is 27.7 Å². The van der Waals surface area contributed by atoms with Crippen LogP contribution in [0.5, 0.6) is 0 Å². The van der Waals surface area contributed by atoms with E-state index in [9.17, 15) is 9.59 Å². The average molecular weight is 292 g/mol. The number of rotatable bonds is 6. The van der Waals surface area contributed by atoms with Crippen LogP contribution in [0.1, 0.15) is 26.3 Å². The van der Waals surface area contributed by atoms with Gasteiger partial charge in [-0.1, -0.05) is 31.5 Å². The molecule has 0 atom stereocenters. The Hall–Kier alpha value is -2.04. The van der Waals surface area contributed by atoms with Crippen LogP contribution in [0.3, 0.4) is 0 Å². The summed E-state index contributed by atoms with van der Waals surface area (Å²) in [7, 11) is 0. The number of hydrogen-bond donors (Lipinski definition) is 1. The van der Waals surface area contributed by atoms with Gasteiger partial charge in [0.2, 0.25) is 0 Å². The summed E-state index contributed by atoms with van der Waals surface area (Å²) in [6.45, 7) is 8.73. The van der Waals surface area contributed by atoms with Gasteiger partial charge in [-0.15, -0.1) is 0 Å². The van der Waals surface area contributed by atoms with Gasteiger partial charge in [0.05, 0.1) is 0 Å². The van der Waals surface area contributed by atoms with Crippen LogP contribution in [0.4, 0.5) is 10.5 Å². The predicted octanol–water partition coefficient (Wildman–Crippen LogP) is 2.98. The number of anilines is 1. The molecule has 0 heterocycles. The maximum atomic E-state index is 12.6. The Balaban J connectivity index is 3.03. The van der Waals surface area contributed by atoms with Crippen LogP contribution in [0.2, 0.25) is 0 Å². The second kappa shape index (κ2) is 7.67. The van der Waals surface area contributed by atoms with Crippen molar-refractivity contribution in [3.05, 3.63) is 29.8 Å². The Morgan fingerprint density at radius 3 is 2.19 bits per heavy atom. The topological polar surface area (TPSA) is 60.9 Å². The first-order valence-corrected chi connectivity index (χ1v) is 7.20. The van der Waals surface area contributed by atoms with Crippen LogP contribution in [0.25, 0.3) is 0 Å². The molecule has 2 amide bonds. The maximum Gasteiger partial charge on any atom is 0.325 e. The van der Waals surface area contributed by atoms with Crippen molar-refractivity contribution in [2.75, 3.05) is 24.5 Å². The Morgan fingerprint density at radius 1 is 1.19 bits per heavy atom. The molecular weight excluding hydrogens is 268 g/mol. The van der Waals surface area contributed by atoms with E-state index in [-0.39, 0.29) is 12.6 Å². The van der Waals surface area contributed by atoms with Crippen molar-refractivity contribution in [1.82, 2.24) is 4.90 Å². The summed E-state index contributed by atoms with van der Waals surface area (Å²) in [5.74, 6) is -0.692. The lowest BCUT2D eigenvalue weighted by atomic mass is 10.2. The summed E-state index contributed by atoms with van der Waals surface area (Å²) in [6.07, 6.45) is 0. The number of urea groups is 1. The molecule has 0 spiro atoms. The predicted molar refractivity (Wildman–Crippen MR) is 83.6 cm³/mol. The molecule has 0 saturated heterocycles. The van der Waals surface area contributed by atoms with Crippen molar-refractivity contribution in [3.8, 4) is 0 Å². The third-order valence-electron chi connectivity index (χ3n) is 3.11. The molecule has 1 aromatic rings. The summed E-state index contributed by atoms with van der Waals surface area (Å²) in [5, 5.41) is 9.07. The van der Waals surface area contributed by atoms with E-state index in [2.05, 4.69) is 0 Å². The lowest BCUT2D eigenvalue weighted by Gasteiger charge is -2.30. The van der Waals surface area contributed by atoms with Crippen LogP contribution in [-0.2, 0) is 4.79 Å². The molecule has 0 bridgehead atoms. The zero-order valence-electron chi connectivity index (χ0n) is 13.2. The minimum atomic E-state index is -1.02. The summed E-state index contributed by atoms with van der Waals surface area (Å²) in [4.78, 5) is 26.7. The number of aliphatic carboxylic acids is 1. The van der Waals surface area contributed by atoms with Gasteiger partial charge in [0.25, 0.3) is 0 Å². The smallest absolute Gasteiger partial charge is 0.325 e. The third kappa shape index (κ3) is 5.10. The second-order valence-corrected chi connectivity index (χ2v) is 5.53. The first-order chi connectivity index (χ1) is 9.85. The molecule has 1 N–H and O–H groups in total. The van der Waals surface area contributed by atoms with Gasteiger partial charge in [0, 0.05) is 18.8 Å². The summed E-state index contributed by atoms with van der Waals surface area (Å²) in [6, 6.07) is 7.03. The molecule has 116 valence electrons. The van der Waals surface area contributed by atoms with E-state index in [1.165, 1.54) is 4.90 Å². The van der Waals surface area contributed by atoms with Crippen LogP contribution in [0.15, 0.2) is 24.3 Å². The summed E-state index contributed by atoms with van der Waals surface area (Å²) in [5.41, 5.74) is 1.67. The van der Waals surface area contributed by atoms with Gasteiger partial charge in [-0.05, 0) is 31.9 Å². The van der Waals surface area contributed by atoms with Crippen LogP contribution in [0, 0.1) is 12.8 Å². The molecule has 21 heavy (non-hydrogen) atoms. The fourth-order valence-corrected chi connectivity index (χ4v) is 2.08. The number of amides is 2. The zero-order valence-corrected chi connectivity index (χ0v) is 13.2. The fraction of sp³-hybridized carbons (Fsp3) is 0.500. The normalized spacial score (nSPS) is 10.5. The van der Waals surface area contributed by atoms with Gasteiger partial charge in [-0.25, -0.2) is 4.79 Å². The minimum Gasteiger partial charge on any atom is -0.480 e. The lowest BCUT2D eigenvalue weighted by molar-refractivity contribution is -0.135. The van der Waals surface area contributed by atoms with Crippen molar-refractivity contribution in [2.24, 2.45) is 5.92 Å². The van der Waals surface area contributed by atoms with Gasteiger partial charge < -0.3 is 10.0 Å². The minimum absolute atomic E-state index is 0.266. The van der Waals surface area contributed by atoms with Gasteiger partial charge in [-0.3, -0.25) is 9.69 Å². The molecule has 1 aromatic carbocycles. The molecule has 0 aliphatic carbocycles. The van der Waals surface area contributed by atoms with E-state index in [4.69, 9.17) is 5.11 Å². The molecule has 0 aliphatic heterocycles. The van der Waals surface area contributed by atoms with E-state index in [0.29, 0.717) is 24.7 Å². The highest BCUT2D eigenvalue weighted by atomic mass is 16.4. The number of carboxylic acid groups (broad SMARTS) is 1. The van der Waals surface area contributed by atoms with Crippen LogP contribution in [-0.4, -0.2) is 41.6 Å². The molecule has 0 aromatic heterocycles. The molecule has 0 fully saturated rings. The summed E-state index contributed by atoms with van der Waals surface area (Å²) < 4.78 is 0. The molecule has 0 saturated carbocycles. The molecule has 5 heteroatoms. The Labute approximate surface area is 126 Å². The Bertz CT molecular complexity index is 483. The lowest BCUT2D eigenvalue weighted by Crippen LogP contribution is -2.46. The first kappa shape index (κ1) is 17.0. The molecular formula is C16H24N2O3. The number of benzene rings is 1. The van der Waals surface area contributed by atoms with Gasteiger partial charge in [-0.2, -0.15) is 0 Å². The molecule has 0 unspecified atom stereocenters. The highest BCUT2D eigenvalue weighted by molar-refractivity contribution is 5.96. The zero-order chi connectivity index (χ0) is 16.0. The van der Waals surface area contributed by atoms with Crippen molar-refractivity contribution in [3.63, 3.8) is 0 Å². The number of hydrogen-bond acceptors (Lipinski definition) is 2. The molecule has 1 rings (SSSR count). The Morgan fingerprint density at radius 2 is 1.76 bits per heavy atom. The monoisotopic (exact) mass is 292 g/mol. The largest absolute Gasteiger partial charge is 0.480 e. The van der Waals surface area contributed by atoms with E-state index in [1.54, 1.807) is 17.0 Å². The maximum absolute atomic E-state index is 12.6. The standard InChI is InChI=1S/C16H24N2O3/c1-5-17(10-12(2)3)16(21)18(11-15(19)20)14-8-6-13(4)7-9-14/h6-9,12H,5,10-11H2,1-4H3,(H,19,20). The van der Waals surface area contributed by atoms with Crippen molar-refractivity contribution in [1.29, 1.82) is 0 Å². The SMILES string of the molecule is CCN(CC(C)C)C(=O)N(CC(=O)O)c1ccc(C)cc1. The summed E-state index contributed by atoms with van der Waals surface area (Å²) >= 11 is 0. The first-order valence-electron chi connectivity index (χ1n) is 7.20. The van der Waals surface area contributed by atoms with E-state index in [0.717, 1.165) is 5.56 Å². The van der Waals surface area contributed by atoms with E-state index in [1.807, 2.05) is 39.8 Å². The number of aryl methyl sites for hydroxylation is 1. The fourth-order valence-electron chi connectivity index (χ4n) is 2.08. The second-order valence-electron chi connectivity index (χ2n) is 5.53. The van der Waals surface area contributed by atoms with Crippen LogP contribution < -0.4 is 4.90 Å². The average Bonchev–Trinajstić information content (AvgIpc) is 2.42. The van der Waals surface area contributed by atoms with Gasteiger partial charge >= 0.3 is 12.0 Å². The van der Waals surface area contributed by atoms with Crippen molar-refractivity contribution < 1.29 is 14.7 Å². The highest BCUT2D eigenvalue weighted by Crippen LogP contribution is 2.17. The quantitative estimate of drug-likeness (QED) is 0.876. The number of carbonyl (C=O) groups is 2.